The lowest BCUT2D eigenvalue weighted by atomic mass is 10.1. The van der Waals surface area contributed by atoms with E-state index in [-0.39, 0.29) is 5.91 Å². The molecule has 0 bridgehead atoms. The van der Waals surface area contributed by atoms with E-state index in [0.717, 1.165) is 44.3 Å². The third-order valence-corrected chi connectivity index (χ3v) is 5.34. The molecule has 1 heterocycles. The van der Waals surface area contributed by atoms with Crippen LogP contribution in [0, 0.1) is 13.8 Å². The lowest BCUT2D eigenvalue weighted by molar-refractivity contribution is 0.102. The Bertz CT molecular complexity index is 976. The highest BCUT2D eigenvalue weighted by atomic mass is 32.1. The molecular formula is C20H22N4OS. The van der Waals surface area contributed by atoms with Gasteiger partial charge in [0.15, 0.2) is 0 Å². The Balaban J connectivity index is 1.93. The number of amides is 1. The number of nitrogens with one attached hydrogen (secondary N) is 2. The Morgan fingerprint density at radius 3 is 2.65 bits per heavy atom. The van der Waals surface area contributed by atoms with E-state index in [2.05, 4.69) is 27.8 Å². The van der Waals surface area contributed by atoms with E-state index >= 15 is 0 Å². The van der Waals surface area contributed by atoms with Gasteiger partial charge in [-0.3, -0.25) is 10.2 Å². The Hall–Kier alpha value is -2.73. The SMILES string of the molecule is CC/C(C)=N\Nc1nc2cc(C)c(NC(=O)c3ccccc3)c(C)c2s1. The Morgan fingerprint density at radius 1 is 1.23 bits per heavy atom. The molecule has 2 N–H and O–H groups in total. The van der Waals surface area contributed by atoms with Crippen molar-refractivity contribution in [3.05, 3.63) is 53.1 Å². The van der Waals surface area contributed by atoms with Crippen molar-refractivity contribution < 1.29 is 4.79 Å². The minimum absolute atomic E-state index is 0.109. The van der Waals surface area contributed by atoms with E-state index in [9.17, 15) is 4.79 Å². The molecule has 3 aromatic rings. The van der Waals surface area contributed by atoms with Crippen molar-refractivity contribution in [3.63, 3.8) is 0 Å². The first kappa shape index (κ1) is 18.1. The van der Waals surface area contributed by atoms with E-state index in [1.807, 2.05) is 45.0 Å². The zero-order valence-electron chi connectivity index (χ0n) is 15.4. The molecule has 3 rings (SSSR count). The van der Waals surface area contributed by atoms with Gasteiger partial charge in [0.2, 0.25) is 5.13 Å². The summed E-state index contributed by atoms with van der Waals surface area (Å²) in [5, 5.41) is 8.11. The van der Waals surface area contributed by atoms with Crippen molar-refractivity contribution in [1.82, 2.24) is 4.98 Å². The third-order valence-electron chi connectivity index (χ3n) is 4.25. The molecule has 0 unspecified atom stereocenters. The fourth-order valence-corrected chi connectivity index (χ4v) is 3.52. The standard InChI is InChI=1S/C20H22N4OS/c1-5-13(3)23-24-20-21-16-11-12(2)17(14(4)18(16)26-20)22-19(25)15-9-7-6-8-10-15/h6-11H,5H2,1-4H3,(H,21,24)(H,22,25)/b23-13-. The first-order valence-corrected chi connectivity index (χ1v) is 9.37. The maximum absolute atomic E-state index is 12.5. The summed E-state index contributed by atoms with van der Waals surface area (Å²) in [5.41, 5.74) is 8.45. The smallest absolute Gasteiger partial charge is 0.255 e. The van der Waals surface area contributed by atoms with Crippen molar-refractivity contribution >= 4 is 44.0 Å². The van der Waals surface area contributed by atoms with Crippen molar-refractivity contribution in [2.75, 3.05) is 10.7 Å². The molecule has 0 aliphatic carbocycles. The minimum Gasteiger partial charge on any atom is -0.321 e. The molecule has 0 aliphatic heterocycles. The van der Waals surface area contributed by atoms with Crippen molar-refractivity contribution in [3.8, 4) is 0 Å². The number of aryl methyl sites for hydroxylation is 2. The van der Waals surface area contributed by atoms with Gasteiger partial charge in [-0.2, -0.15) is 5.10 Å². The number of nitrogens with zero attached hydrogens (tertiary/aromatic N) is 2. The molecule has 0 radical (unpaired) electrons. The molecule has 0 atom stereocenters. The average molecular weight is 366 g/mol. The number of rotatable bonds is 5. The summed E-state index contributed by atoms with van der Waals surface area (Å²) in [6.07, 6.45) is 0.895. The van der Waals surface area contributed by atoms with Crippen LogP contribution in [-0.4, -0.2) is 16.6 Å². The van der Waals surface area contributed by atoms with Gasteiger partial charge in [0.05, 0.1) is 10.2 Å². The lowest BCUT2D eigenvalue weighted by Crippen LogP contribution is -2.13. The van der Waals surface area contributed by atoms with Gasteiger partial charge < -0.3 is 5.32 Å². The number of aromatic nitrogens is 1. The first-order valence-electron chi connectivity index (χ1n) is 8.56. The molecule has 0 saturated carbocycles. The second-order valence-electron chi connectivity index (χ2n) is 6.19. The van der Waals surface area contributed by atoms with Crippen molar-refractivity contribution in [2.24, 2.45) is 5.10 Å². The van der Waals surface area contributed by atoms with Crippen molar-refractivity contribution in [2.45, 2.75) is 34.1 Å². The molecule has 0 fully saturated rings. The predicted octanol–water partition coefficient (Wildman–Crippen LogP) is 5.36. The number of carbonyl (C=O) groups is 1. The molecule has 134 valence electrons. The Kier molecular flexibility index (Phi) is 5.32. The second kappa shape index (κ2) is 7.66. The number of thiazole rings is 1. The van der Waals surface area contributed by atoms with Gasteiger partial charge in [0.1, 0.15) is 0 Å². The van der Waals surface area contributed by atoms with Gasteiger partial charge in [-0.15, -0.1) is 0 Å². The lowest BCUT2D eigenvalue weighted by Gasteiger charge is -2.12. The summed E-state index contributed by atoms with van der Waals surface area (Å²) in [7, 11) is 0. The zero-order chi connectivity index (χ0) is 18.7. The van der Waals surface area contributed by atoms with E-state index in [1.165, 1.54) is 0 Å². The molecular weight excluding hydrogens is 344 g/mol. The van der Waals surface area contributed by atoms with Crippen LogP contribution in [0.4, 0.5) is 10.8 Å². The van der Waals surface area contributed by atoms with Gasteiger partial charge >= 0.3 is 0 Å². The number of anilines is 2. The third kappa shape index (κ3) is 3.75. The summed E-state index contributed by atoms with van der Waals surface area (Å²) in [5.74, 6) is -0.109. The highest BCUT2D eigenvalue weighted by Crippen LogP contribution is 2.35. The highest BCUT2D eigenvalue weighted by molar-refractivity contribution is 7.22. The van der Waals surface area contributed by atoms with Crippen molar-refractivity contribution in [1.29, 1.82) is 0 Å². The van der Waals surface area contributed by atoms with E-state index in [4.69, 9.17) is 0 Å². The summed E-state index contributed by atoms with van der Waals surface area (Å²) in [6, 6.07) is 11.2. The van der Waals surface area contributed by atoms with Crippen LogP contribution in [0.5, 0.6) is 0 Å². The number of hydrazone groups is 1. The van der Waals surface area contributed by atoms with Crippen LogP contribution in [0.1, 0.15) is 41.8 Å². The minimum atomic E-state index is -0.109. The van der Waals surface area contributed by atoms with Crippen LogP contribution in [0.3, 0.4) is 0 Å². The fourth-order valence-electron chi connectivity index (χ4n) is 2.62. The molecule has 1 amide bonds. The van der Waals surface area contributed by atoms with Crippen LogP contribution in [0.2, 0.25) is 0 Å². The molecule has 6 heteroatoms. The molecule has 0 aliphatic rings. The van der Waals surface area contributed by atoms with Gasteiger partial charge in [0.25, 0.3) is 5.91 Å². The van der Waals surface area contributed by atoms with Gasteiger partial charge in [-0.25, -0.2) is 4.98 Å². The Morgan fingerprint density at radius 2 is 1.96 bits per heavy atom. The normalized spacial score (nSPS) is 11.6. The van der Waals surface area contributed by atoms with Gasteiger partial charge in [0, 0.05) is 17.0 Å². The van der Waals surface area contributed by atoms with Crippen LogP contribution < -0.4 is 10.7 Å². The Labute approximate surface area is 157 Å². The highest BCUT2D eigenvalue weighted by Gasteiger charge is 2.15. The van der Waals surface area contributed by atoms with Crippen LogP contribution in [-0.2, 0) is 0 Å². The largest absolute Gasteiger partial charge is 0.321 e. The fraction of sp³-hybridized carbons (Fsp3) is 0.250. The van der Waals surface area contributed by atoms with Gasteiger partial charge in [-0.05, 0) is 56.5 Å². The second-order valence-corrected chi connectivity index (χ2v) is 7.19. The van der Waals surface area contributed by atoms with Crippen LogP contribution in [0.15, 0.2) is 41.5 Å². The van der Waals surface area contributed by atoms with E-state index < -0.39 is 0 Å². The number of carbonyl (C=O) groups excluding carboxylic acids is 1. The average Bonchev–Trinajstić information content (AvgIpc) is 3.06. The summed E-state index contributed by atoms with van der Waals surface area (Å²) in [6.45, 7) is 8.04. The molecule has 0 saturated heterocycles. The molecule has 1 aromatic heterocycles. The maximum Gasteiger partial charge on any atom is 0.255 e. The summed E-state index contributed by atoms with van der Waals surface area (Å²) >= 11 is 1.54. The number of benzene rings is 2. The zero-order valence-corrected chi connectivity index (χ0v) is 16.2. The first-order chi connectivity index (χ1) is 12.5. The number of hydrogen-bond donors (Lipinski definition) is 2. The predicted molar refractivity (Wildman–Crippen MR) is 111 cm³/mol. The van der Waals surface area contributed by atoms with Crippen LogP contribution >= 0.6 is 11.3 Å². The maximum atomic E-state index is 12.5. The molecule has 2 aromatic carbocycles. The quantitative estimate of drug-likeness (QED) is 0.472. The van der Waals surface area contributed by atoms with Crippen LogP contribution in [0.25, 0.3) is 10.2 Å². The number of fused-ring (bicyclic) bond motifs is 1. The molecule has 5 nitrogen and oxygen atoms in total. The van der Waals surface area contributed by atoms with E-state index in [0.29, 0.717) is 5.56 Å². The monoisotopic (exact) mass is 366 g/mol. The molecule has 0 spiro atoms. The van der Waals surface area contributed by atoms with E-state index in [1.54, 1.807) is 23.5 Å². The summed E-state index contributed by atoms with van der Waals surface area (Å²) in [4.78, 5) is 17.1. The summed E-state index contributed by atoms with van der Waals surface area (Å²) < 4.78 is 1.05. The topological polar surface area (TPSA) is 66.4 Å². The van der Waals surface area contributed by atoms with Gasteiger partial charge in [-0.1, -0.05) is 36.5 Å². The number of hydrogen-bond acceptors (Lipinski definition) is 5. The molecule has 26 heavy (non-hydrogen) atoms.